The monoisotopic (exact) mass is 327 g/mol. The Morgan fingerprint density at radius 1 is 1.33 bits per heavy atom. The van der Waals surface area contributed by atoms with Crippen LogP contribution in [-0.4, -0.2) is 28.4 Å². The number of rotatable bonds is 5. The summed E-state index contributed by atoms with van der Waals surface area (Å²) in [6, 6.07) is 0. The standard InChI is InChI=1S/C13H18BrN3S/c1-4-17(7-5-6-14)12-11-9(2)10(3)18-13(11)16-8-15-12/h8H,4-7H2,1-3H3. The number of thiophene rings is 1. The molecule has 0 aliphatic heterocycles. The summed E-state index contributed by atoms with van der Waals surface area (Å²) in [5, 5.41) is 2.26. The molecule has 2 heterocycles. The quantitative estimate of drug-likeness (QED) is 0.779. The van der Waals surface area contributed by atoms with Gasteiger partial charge in [0, 0.05) is 23.3 Å². The van der Waals surface area contributed by atoms with E-state index < -0.39 is 0 Å². The molecule has 0 N–H and O–H groups in total. The Labute approximate surface area is 120 Å². The predicted molar refractivity (Wildman–Crippen MR) is 83.2 cm³/mol. The molecule has 18 heavy (non-hydrogen) atoms. The summed E-state index contributed by atoms with van der Waals surface area (Å²) >= 11 is 5.25. The number of hydrogen-bond acceptors (Lipinski definition) is 4. The van der Waals surface area contributed by atoms with E-state index in [2.05, 4.69) is 51.6 Å². The number of alkyl halides is 1. The lowest BCUT2D eigenvalue weighted by Crippen LogP contribution is -2.25. The van der Waals surface area contributed by atoms with Gasteiger partial charge in [-0.1, -0.05) is 15.9 Å². The van der Waals surface area contributed by atoms with Crippen LogP contribution in [-0.2, 0) is 0 Å². The third-order valence-electron chi connectivity index (χ3n) is 3.19. The van der Waals surface area contributed by atoms with E-state index in [0.717, 1.165) is 35.5 Å². The van der Waals surface area contributed by atoms with Crippen LogP contribution in [0.4, 0.5) is 5.82 Å². The minimum atomic E-state index is 0.980. The Balaban J connectivity index is 2.48. The van der Waals surface area contributed by atoms with Gasteiger partial charge in [-0.25, -0.2) is 9.97 Å². The van der Waals surface area contributed by atoms with E-state index in [1.54, 1.807) is 17.7 Å². The van der Waals surface area contributed by atoms with Crippen molar-refractivity contribution in [3.63, 3.8) is 0 Å². The zero-order valence-corrected chi connectivity index (χ0v) is 13.4. The average molecular weight is 328 g/mol. The van der Waals surface area contributed by atoms with Gasteiger partial charge in [0.05, 0.1) is 5.39 Å². The lowest BCUT2D eigenvalue weighted by Gasteiger charge is -2.22. The molecule has 2 rings (SSSR count). The van der Waals surface area contributed by atoms with Crippen molar-refractivity contribution < 1.29 is 0 Å². The van der Waals surface area contributed by atoms with Crippen molar-refractivity contribution in [1.82, 2.24) is 9.97 Å². The first-order valence-electron chi connectivity index (χ1n) is 6.20. The van der Waals surface area contributed by atoms with E-state index in [4.69, 9.17) is 0 Å². The summed E-state index contributed by atoms with van der Waals surface area (Å²) in [5.74, 6) is 1.09. The van der Waals surface area contributed by atoms with Gasteiger partial charge in [-0.2, -0.15) is 0 Å². The molecule has 3 nitrogen and oxygen atoms in total. The van der Waals surface area contributed by atoms with Crippen LogP contribution in [0, 0.1) is 13.8 Å². The molecular formula is C13H18BrN3S. The maximum Gasteiger partial charge on any atom is 0.141 e. The number of hydrogen-bond donors (Lipinski definition) is 0. The Morgan fingerprint density at radius 2 is 2.11 bits per heavy atom. The van der Waals surface area contributed by atoms with Crippen LogP contribution in [0.25, 0.3) is 10.2 Å². The van der Waals surface area contributed by atoms with Crippen molar-refractivity contribution in [2.45, 2.75) is 27.2 Å². The Kier molecular flexibility index (Phi) is 4.56. The number of nitrogens with zero attached hydrogens (tertiary/aromatic N) is 3. The Bertz CT molecular complexity index is 538. The molecule has 0 aliphatic rings. The highest BCUT2D eigenvalue weighted by Crippen LogP contribution is 2.34. The smallest absolute Gasteiger partial charge is 0.141 e. The first-order valence-corrected chi connectivity index (χ1v) is 8.14. The topological polar surface area (TPSA) is 29.0 Å². The highest BCUT2D eigenvalue weighted by Gasteiger charge is 2.15. The summed E-state index contributed by atoms with van der Waals surface area (Å²) in [4.78, 5) is 13.7. The lowest BCUT2D eigenvalue weighted by atomic mass is 10.2. The second kappa shape index (κ2) is 5.97. The van der Waals surface area contributed by atoms with E-state index in [-0.39, 0.29) is 0 Å². The lowest BCUT2D eigenvalue weighted by molar-refractivity contribution is 0.787. The van der Waals surface area contributed by atoms with Crippen LogP contribution in [0.3, 0.4) is 0 Å². The Morgan fingerprint density at radius 3 is 2.78 bits per heavy atom. The first-order chi connectivity index (χ1) is 8.69. The van der Waals surface area contributed by atoms with Gasteiger partial charge in [0.2, 0.25) is 0 Å². The van der Waals surface area contributed by atoms with Gasteiger partial charge in [0.15, 0.2) is 0 Å². The summed E-state index contributed by atoms with van der Waals surface area (Å²) in [5.41, 5.74) is 1.32. The second-order valence-corrected chi connectivity index (χ2v) is 6.28. The number of aryl methyl sites for hydroxylation is 2. The minimum Gasteiger partial charge on any atom is -0.356 e. The molecule has 0 amide bonds. The molecule has 0 saturated heterocycles. The maximum atomic E-state index is 4.51. The van der Waals surface area contributed by atoms with Crippen molar-refractivity contribution in [3.05, 3.63) is 16.8 Å². The van der Waals surface area contributed by atoms with Crippen molar-refractivity contribution in [3.8, 4) is 0 Å². The molecule has 0 radical (unpaired) electrons. The van der Waals surface area contributed by atoms with Crippen molar-refractivity contribution in [1.29, 1.82) is 0 Å². The van der Waals surface area contributed by atoms with Crippen LogP contribution in [0.2, 0.25) is 0 Å². The van der Waals surface area contributed by atoms with Gasteiger partial charge < -0.3 is 4.90 Å². The Hall–Kier alpha value is -0.680. The van der Waals surface area contributed by atoms with Crippen LogP contribution in [0.15, 0.2) is 6.33 Å². The highest BCUT2D eigenvalue weighted by molar-refractivity contribution is 9.09. The van der Waals surface area contributed by atoms with Gasteiger partial charge >= 0.3 is 0 Å². The fraction of sp³-hybridized carbons (Fsp3) is 0.538. The third-order valence-corrected chi connectivity index (χ3v) is 4.86. The summed E-state index contributed by atoms with van der Waals surface area (Å²) < 4.78 is 0. The minimum absolute atomic E-state index is 0.980. The van der Waals surface area contributed by atoms with Crippen molar-refractivity contribution >= 4 is 43.3 Å². The second-order valence-electron chi connectivity index (χ2n) is 4.28. The molecule has 0 saturated carbocycles. The molecule has 2 aromatic heterocycles. The third kappa shape index (κ3) is 2.52. The van der Waals surface area contributed by atoms with Crippen LogP contribution >= 0.6 is 27.3 Å². The predicted octanol–water partition coefficient (Wildman–Crippen LogP) is 3.92. The zero-order chi connectivity index (χ0) is 13.1. The normalized spacial score (nSPS) is 11.1. The zero-order valence-electron chi connectivity index (χ0n) is 11.0. The fourth-order valence-corrected chi connectivity index (χ4v) is 3.31. The average Bonchev–Trinajstić information content (AvgIpc) is 2.67. The van der Waals surface area contributed by atoms with Gasteiger partial charge in [-0.3, -0.25) is 0 Å². The van der Waals surface area contributed by atoms with Crippen LogP contribution < -0.4 is 4.90 Å². The molecule has 0 fully saturated rings. The van der Waals surface area contributed by atoms with Crippen LogP contribution in [0.1, 0.15) is 23.8 Å². The van der Waals surface area contributed by atoms with Crippen molar-refractivity contribution in [2.24, 2.45) is 0 Å². The molecule has 0 atom stereocenters. The van der Waals surface area contributed by atoms with Gasteiger partial charge in [0.25, 0.3) is 0 Å². The van der Waals surface area contributed by atoms with Crippen LogP contribution in [0.5, 0.6) is 0 Å². The molecule has 2 aromatic rings. The van der Waals surface area contributed by atoms with E-state index >= 15 is 0 Å². The molecule has 98 valence electrons. The maximum absolute atomic E-state index is 4.51. The number of aromatic nitrogens is 2. The number of anilines is 1. The highest BCUT2D eigenvalue weighted by atomic mass is 79.9. The van der Waals surface area contributed by atoms with Gasteiger partial charge in [-0.05, 0) is 32.8 Å². The summed E-state index contributed by atoms with van der Waals surface area (Å²) in [6.45, 7) is 8.51. The number of halogens is 1. The first kappa shape index (κ1) is 13.7. The molecule has 5 heteroatoms. The van der Waals surface area contributed by atoms with Gasteiger partial charge in [-0.15, -0.1) is 11.3 Å². The van der Waals surface area contributed by atoms with E-state index in [1.165, 1.54) is 15.8 Å². The molecule has 0 unspecified atom stereocenters. The van der Waals surface area contributed by atoms with Gasteiger partial charge in [0.1, 0.15) is 17.0 Å². The van der Waals surface area contributed by atoms with E-state index in [1.807, 2.05) is 0 Å². The van der Waals surface area contributed by atoms with Crippen molar-refractivity contribution in [2.75, 3.05) is 23.3 Å². The van der Waals surface area contributed by atoms with E-state index in [0.29, 0.717) is 0 Å². The molecule has 0 bridgehead atoms. The molecule has 0 spiro atoms. The molecular weight excluding hydrogens is 310 g/mol. The largest absolute Gasteiger partial charge is 0.356 e. The molecule has 0 aromatic carbocycles. The summed E-state index contributed by atoms with van der Waals surface area (Å²) in [6.07, 6.45) is 2.81. The molecule has 0 aliphatic carbocycles. The fourth-order valence-electron chi connectivity index (χ4n) is 2.07. The SMILES string of the molecule is CCN(CCCBr)c1ncnc2sc(C)c(C)c12. The van der Waals surface area contributed by atoms with E-state index in [9.17, 15) is 0 Å². The number of fused-ring (bicyclic) bond motifs is 1. The summed E-state index contributed by atoms with van der Waals surface area (Å²) in [7, 11) is 0.